The van der Waals surface area contributed by atoms with Crippen molar-refractivity contribution in [3.63, 3.8) is 0 Å². The number of aromatic nitrogens is 2. The van der Waals surface area contributed by atoms with Gasteiger partial charge in [-0.3, -0.25) is 4.79 Å². The van der Waals surface area contributed by atoms with E-state index >= 15 is 0 Å². The molecule has 8 heteroatoms. The normalized spacial score (nSPS) is 10.6. The van der Waals surface area contributed by atoms with E-state index in [9.17, 15) is 9.59 Å². The van der Waals surface area contributed by atoms with Gasteiger partial charge in [-0.05, 0) is 55.5 Å². The summed E-state index contributed by atoms with van der Waals surface area (Å²) < 4.78 is 10.4. The average Bonchev–Trinajstić information content (AvgIpc) is 3.30. The molecule has 0 fully saturated rings. The lowest BCUT2D eigenvalue weighted by Gasteiger charge is -2.08. The summed E-state index contributed by atoms with van der Waals surface area (Å²) in [5.74, 6) is -0.248. The molecule has 1 heterocycles. The van der Waals surface area contributed by atoms with Crippen molar-refractivity contribution in [2.45, 2.75) is 6.92 Å². The van der Waals surface area contributed by atoms with E-state index in [1.807, 2.05) is 12.1 Å². The number of carbonyl (C=O) groups excluding carboxylic acids is 2. The zero-order chi connectivity index (χ0) is 22.5. The first-order chi connectivity index (χ1) is 15.6. The molecule has 0 bridgehead atoms. The maximum absolute atomic E-state index is 12.9. The van der Waals surface area contributed by atoms with Crippen LogP contribution in [0.2, 0.25) is 5.02 Å². The number of ether oxygens (including phenoxy) is 1. The Kier molecular flexibility index (Phi) is 6.28. The van der Waals surface area contributed by atoms with E-state index in [2.05, 4.69) is 15.5 Å². The number of anilines is 1. The second kappa shape index (κ2) is 9.45. The Bertz CT molecular complexity index is 1270. The highest BCUT2D eigenvalue weighted by atomic mass is 35.5. The van der Waals surface area contributed by atoms with E-state index in [0.717, 1.165) is 0 Å². The lowest BCUT2D eigenvalue weighted by molar-refractivity contribution is 0.0526. The highest BCUT2D eigenvalue weighted by Crippen LogP contribution is 2.29. The quantitative estimate of drug-likeness (QED) is 0.393. The summed E-state index contributed by atoms with van der Waals surface area (Å²) in [4.78, 5) is 29.1. The summed E-state index contributed by atoms with van der Waals surface area (Å²) in [6.45, 7) is 2.03. The molecule has 0 unspecified atom stereocenters. The third-order valence-corrected chi connectivity index (χ3v) is 4.93. The van der Waals surface area contributed by atoms with Crippen LogP contribution >= 0.6 is 11.6 Å². The van der Waals surface area contributed by atoms with Gasteiger partial charge in [-0.1, -0.05) is 41.0 Å². The number of hydrogen-bond donors (Lipinski definition) is 1. The zero-order valence-corrected chi connectivity index (χ0v) is 17.8. The molecule has 1 amide bonds. The van der Waals surface area contributed by atoms with E-state index in [-0.39, 0.29) is 11.8 Å². The first-order valence-corrected chi connectivity index (χ1v) is 10.2. The molecule has 32 heavy (non-hydrogen) atoms. The van der Waals surface area contributed by atoms with Crippen molar-refractivity contribution in [1.82, 2.24) is 10.1 Å². The molecule has 0 spiro atoms. The minimum absolute atomic E-state index is 0.198. The van der Waals surface area contributed by atoms with Gasteiger partial charge in [0.1, 0.15) is 0 Å². The Morgan fingerprint density at radius 1 is 0.969 bits per heavy atom. The molecule has 0 atom stereocenters. The minimum Gasteiger partial charge on any atom is -0.462 e. The fourth-order valence-corrected chi connectivity index (χ4v) is 3.28. The van der Waals surface area contributed by atoms with Gasteiger partial charge in [0.15, 0.2) is 0 Å². The predicted octanol–water partition coefficient (Wildman–Crippen LogP) is 5.49. The molecule has 0 saturated carbocycles. The van der Waals surface area contributed by atoms with Gasteiger partial charge in [0.25, 0.3) is 11.8 Å². The second-order valence-electron chi connectivity index (χ2n) is 6.70. The van der Waals surface area contributed by atoms with Gasteiger partial charge in [0, 0.05) is 11.3 Å². The Hall–Kier alpha value is -3.97. The average molecular weight is 448 g/mol. The van der Waals surface area contributed by atoms with Crippen LogP contribution in [0.5, 0.6) is 0 Å². The van der Waals surface area contributed by atoms with Crippen LogP contribution in [0.15, 0.2) is 77.3 Å². The van der Waals surface area contributed by atoms with Gasteiger partial charge < -0.3 is 14.6 Å². The van der Waals surface area contributed by atoms with E-state index in [0.29, 0.717) is 45.4 Å². The predicted molar refractivity (Wildman–Crippen MR) is 121 cm³/mol. The summed E-state index contributed by atoms with van der Waals surface area (Å²) in [7, 11) is 0. The van der Waals surface area contributed by atoms with Crippen LogP contribution in [0.1, 0.15) is 27.6 Å². The lowest BCUT2D eigenvalue weighted by Crippen LogP contribution is -2.13. The first-order valence-electron chi connectivity index (χ1n) is 9.83. The van der Waals surface area contributed by atoms with Crippen molar-refractivity contribution >= 4 is 29.2 Å². The molecular formula is C24H18ClN3O4. The molecule has 0 aliphatic rings. The molecule has 0 radical (unpaired) electrons. The number of esters is 1. The standard InChI is InChI=1S/C24H18ClN3O4/c1-2-31-24(30)15-11-13-16(14-12-15)26-22(29)17-7-3-4-8-18(17)23-27-21(28-32-23)19-9-5-6-10-20(19)25/h3-14H,2H2,1H3,(H,26,29). The molecule has 1 aromatic heterocycles. The first kappa shape index (κ1) is 21.3. The van der Waals surface area contributed by atoms with E-state index < -0.39 is 5.97 Å². The number of amides is 1. The fourth-order valence-electron chi connectivity index (χ4n) is 3.05. The molecule has 160 valence electrons. The fraction of sp³-hybridized carbons (Fsp3) is 0.0833. The Balaban J connectivity index is 1.57. The minimum atomic E-state index is -0.415. The maximum Gasteiger partial charge on any atom is 0.338 e. The van der Waals surface area contributed by atoms with E-state index in [1.165, 1.54) is 0 Å². The SMILES string of the molecule is CCOC(=O)c1ccc(NC(=O)c2ccccc2-c2nc(-c3ccccc3Cl)no2)cc1. The van der Waals surface area contributed by atoms with Gasteiger partial charge in [-0.2, -0.15) is 4.98 Å². The molecule has 0 aliphatic heterocycles. The van der Waals surface area contributed by atoms with Crippen LogP contribution < -0.4 is 5.32 Å². The van der Waals surface area contributed by atoms with Crippen LogP contribution in [-0.2, 0) is 4.74 Å². The number of rotatable bonds is 6. The number of halogens is 1. The summed E-state index contributed by atoms with van der Waals surface area (Å²) in [5.41, 5.74) is 2.41. The van der Waals surface area contributed by atoms with Crippen molar-refractivity contribution < 1.29 is 18.8 Å². The maximum atomic E-state index is 12.9. The second-order valence-corrected chi connectivity index (χ2v) is 7.11. The number of nitrogens with one attached hydrogen (secondary N) is 1. The highest BCUT2D eigenvalue weighted by molar-refractivity contribution is 6.33. The van der Waals surface area contributed by atoms with Crippen LogP contribution in [0, 0.1) is 0 Å². The van der Waals surface area contributed by atoms with E-state index in [1.54, 1.807) is 67.6 Å². The summed E-state index contributed by atoms with van der Waals surface area (Å²) >= 11 is 6.22. The largest absolute Gasteiger partial charge is 0.462 e. The third kappa shape index (κ3) is 4.53. The van der Waals surface area contributed by atoms with Crippen LogP contribution in [0.3, 0.4) is 0 Å². The molecular weight excluding hydrogens is 430 g/mol. The molecule has 4 rings (SSSR count). The topological polar surface area (TPSA) is 94.3 Å². The summed E-state index contributed by atoms with van der Waals surface area (Å²) in [6.07, 6.45) is 0. The Morgan fingerprint density at radius 3 is 2.38 bits per heavy atom. The number of carbonyl (C=O) groups is 2. The molecule has 4 aromatic rings. The molecule has 0 saturated heterocycles. The Labute approximate surface area is 189 Å². The highest BCUT2D eigenvalue weighted by Gasteiger charge is 2.19. The molecule has 3 aromatic carbocycles. The van der Waals surface area contributed by atoms with E-state index in [4.69, 9.17) is 20.9 Å². The van der Waals surface area contributed by atoms with Crippen LogP contribution in [0.4, 0.5) is 5.69 Å². The van der Waals surface area contributed by atoms with Crippen molar-refractivity contribution in [2.75, 3.05) is 11.9 Å². The van der Waals surface area contributed by atoms with Crippen molar-refractivity contribution in [1.29, 1.82) is 0 Å². The van der Waals surface area contributed by atoms with Gasteiger partial charge >= 0.3 is 5.97 Å². The summed E-state index contributed by atoms with van der Waals surface area (Å²) in [6, 6.07) is 20.5. The molecule has 7 nitrogen and oxygen atoms in total. The van der Waals surface area contributed by atoms with Gasteiger partial charge in [0.2, 0.25) is 5.82 Å². The third-order valence-electron chi connectivity index (χ3n) is 4.60. The van der Waals surface area contributed by atoms with Gasteiger partial charge in [0.05, 0.1) is 28.3 Å². The van der Waals surface area contributed by atoms with Gasteiger partial charge in [-0.15, -0.1) is 0 Å². The van der Waals surface area contributed by atoms with Crippen molar-refractivity contribution in [3.8, 4) is 22.8 Å². The molecule has 0 aliphatic carbocycles. The number of benzene rings is 3. The van der Waals surface area contributed by atoms with Crippen LogP contribution in [0.25, 0.3) is 22.8 Å². The number of nitrogens with zero attached hydrogens (tertiary/aromatic N) is 2. The lowest BCUT2D eigenvalue weighted by atomic mass is 10.1. The molecule has 1 N–H and O–H groups in total. The monoisotopic (exact) mass is 447 g/mol. The van der Waals surface area contributed by atoms with Crippen molar-refractivity contribution in [2.24, 2.45) is 0 Å². The van der Waals surface area contributed by atoms with Crippen molar-refractivity contribution in [3.05, 3.63) is 88.9 Å². The number of hydrogen-bond acceptors (Lipinski definition) is 6. The summed E-state index contributed by atoms with van der Waals surface area (Å²) in [5, 5.41) is 7.31. The van der Waals surface area contributed by atoms with Gasteiger partial charge in [-0.25, -0.2) is 4.79 Å². The zero-order valence-electron chi connectivity index (χ0n) is 17.0. The van der Waals surface area contributed by atoms with Crippen LogP contribution in [-0.4, -0.2) is 28.6 Å². The smallest absolute Gasteiger partial charge is 0.338 e. The Morgan fingerprint density at radius 2 is 1.66 bits per heavy atom.